The maximum absolute atomic E-state index is 15.2. The molecule has 1 aromatic rings. The van der Waals surface area contributed by atoms with E-state index in [1.807, 2.05) is 6.07 Å². The second-order valence-corrected chi connectivity index (χ2v) is 26.7. The minimum atomic E-state index is -2.63. The van der Waals surface area contributed by atoms with Crippen LogP contribution in [0.1, 0.15) is 59.3 Å². The number of hydrogen-bond donors (Lipinski definition) is 0. The van der Waals surface area contributed by atoms with Crippen LogP contribution in [0.25, 0.3) is 0 Å². The monoisotopic (exact) mass is 458 g/mol. The van der Waals surface area contributed by atoms with Crippen LogP contribution < -0.4 is 8.77 Å². The van der Waals surface area contributed by atoms with Gasteiger partial charge in [0.25, 0.3) is 0 Å². The van der Waals surface area contributed by atoms with Gasteiger partial charge in [0.2, 0.25) is 0 Å². The molecule has 1 rings (SSSR count). The Kier molecular flexibility index (Phi) is 9.57. The fourth-order valence-corrected chi connectivity index (χ4v) is 21.0. The molecule has 0 saturated carbocycles. The fraction of sp³-hybridized carbons (Fsp3) is 0.714. The molecular weight excluding hydrogens is 418 g/mol. The van der Waals surface area contributed by atoms with Crippen molar-refractivity contribution in [2.24, 2.45) is 0 Å². The van der Waals surface area contributed by atoms with Gasteiger partial charge < -0.3 is 0 Å². The molecule has 0 amide bonds. The van der Waals surface area contributed by atoms with Gasteiger partial charge in [-0.1, -0.05) is 0 Å². The molecule has 0 aliphatic rings. The average molecular weight is 457 g/mol. The summed E-state index contributed by atoms with van der Waals surface area (Å²) < 4.78 is 20.5. The normalized spacial score (nSPS) is 12.6. The second-order valence-electron chi connectivity index (χ2n) is 8.54. The topological polar surface area (TPSA) is 0 Å². The van der Waals surface area contributed by atoms with Crippen LogP contribution in [-0.2, 0) is 0 Å². The van der Waals surface area contributed by atoms with Crippen molar-refractivity contribution >= 4 is 35.2 Å². The van der Waals surface area contributed by atoms with E-state index in [0.717, 1.165) is 0 Å². The first-order chi connectivity index (χ1) is 11.3. The molecular formula is C21H39FSiSn. The molecule has 0 saturated heterocycles. The van der Waals surface area contributed by atoms with Gasteiger partial charge in [-0.15, -0.1) is 0 Å². The van der Waals surface area contributed by atoms with E-state index >= 15 is 4.39 Å². The minimum absolute atomic E-state index is 0.147. The van der Waals surface area contributed by atoms with Gasteiger partial charge in [-0.2, -0.15) is 0 Å². The number of unbranched alkanes of at least 4 members (excludes halogenated alkanes) is 3. The summed E-state index contributed by atoms with van der Waals surface area (Å²) in [6, 6.07) is 6.43. The van der Waals surface area contributed by atoms with Crippen LogP contribution in [-0.4, -0.2) is 26.5 Å². The molecule has 0 unspecified atom stereocenters. The summed E-state index contributed by atoms with van der Waals surface area (Å²) in [5.41, 5.74) is 0. The van der Waals surface area contributed by atoms with Crippen LogP contribution in [0.3, 0.4) is 0 Å². The third kappa shape index (κ3) is 6.16. The van der Waals surface area contributed by atoms with E-state index in [9.17, 15) is 0 Å². The van der Waals surface area contributed by atoms with Gasteiger partial charge in [0, 0.05) is 0 Å². The standard InChI is InChI=1S/C9H12FSi.3C4H9.Sn/c1-11(2,3)9-6-4-5-8(10)7-9;3*1-3-4-2;/h4,6-7H,1-3H3;3*1,3-4H2,2H3;. The van der Waals surface area contributed by atoms with E-state index in [1.165, 1.54) is 60.6 Å². The van der Waals surface area contributed by atoms with E-state index in [2.05, 4.69) is 52.5 Å². The summed E-state index contributed by atoms with van der Waals surface area (Å²) in [7, 11) is -1.44. The van der Waals surface area contributed by atoms with Crippen LogP contribution >= 0.6 is 0 Å². The predicted octanol–water partition coefficient (Wildman–Crippen LogP) is 6.43. The third-order valence-electron chi connectivity index (χ3n) is 5.43. The van der Waals surface area contributed by atoms with Crippen LogP contribution in [0.4, 0.5) is 4.39 Å². The average Bonchev–Trinajstić information content (AvgIpc) is 2.54. The van der Waals surface area contributed by atoms with Gasteiger partial charge in [-0.3, -0.25) is 0 Å². The number of rotatable bonds is 11. The van der Waals surface area contributed by atoms with Crippen LogP contribution in [0.2, 0.25) is 33.0 Å². The van der Waals surface area contributed by atoms with Gasteiger partial charge >= 0.3 is 156 Å². The molecule has 0 nitrogen and oxygen atoms in total. The molecule has 3 heteroatoms. The Morgan fingerprint density at radius 3 is 1.62 bits per heavy atom. The zero-order chi connectivity index (χ0) is 18.2. The first-order valence-electron chi connectivity index (χ1n) is 10.1. The third-order valence-corrected chi connectivity index (χ3v) is 23.1. The van der Waals surface area contributed by atoms with Crippen molar-refractivity contribution in [3.05, 3.63) is 24.0 Å². The van der Waals surface area contributed by atoms with Crippen molar-refractivity contribution in [2.45, 2.75) is 92.2 Å². The van der Waals surface area contributed by atoms with E-state index in [-0.39, 0.29) is 5.82 Å². The second kappa shape index (κ2) is 10.3. The number of halogens is 1. The van der Waals surface area contributed by atoms with Crippen molar-refractivity contribution < 1.29 is 4.39 Å². The molecule has 0 bridgehead atoms. The summed E-state index contributed by atoms with van der Waals surface area (Å²) in [4.78, 5) is 0. The summed E-state index contributed by atoms with van der Waals surface area (Å²) in [6.45, 7) is 13.8. The van der Waals surface area contributed by atoms with Crippen molar-refractivity contribution in [1.82, 2.24) is 0 Å². The quantitative estimate of drug-likeness (QED) is 0.336. The van der Waals surface area contributed by atoms with Crippen LogP contribution in [0.5, 0.6) is 0 Å². The fourth-order valence-electron chi connectivity index (χ4n) is 3.74. The van der Waals surface area contributed by atoms with E-state index < -0.39 is 26.5 Å². The Balaban J connectivity index is 3.28. The molecule has 0 aliphatic heterocycles. The molecule has 24 heavy (non-hydrogen) atoms. The first kappa shape index (κ1) is 22.2. The van der Waals surface area contributed by atoms with Crippen molar-refractivity contribution in [2.75, 3.05) is 0 Å². The maximum atomic E-state index is 15.2. The Labute approximate surface area is 155 Å². The Bertz CT molecular complexity index is 471. The number of hydrogen-bond acceptors (Lipinski definition) is 0. The van der Waals surface area contributed by atoms with Gasteiger partial charge in [0.1, 0.15) is 0 Å². The molecule has 0 aromatic heterocycles. The molecule has 0 radical (unpaired) electrons. The zero-order valence-electron chi connectivity index (χ0n) is 17.0. The molecule has 0 N–H and O–H groups in total. The van der Waals surface area contributed by atoms with Crippen molar-refractivity contribution in [3.8, 4) is 0 Å². The predicted molar refractivity (Wildman–Crippen MR) is 114 cm³/mol. The van der Waals surface area contributed by atoms with E-state index in [4.69, 9.17) is 0 Å². The van der Waals surface area contributed by atoms with Crippen LogP contribution in [0, 0.1) is 5.82 Å². The molecule has 0 fully saturated rings. The van der Waals surface area contributed by atoms with E-state index in [0.29, 0.717) is 0 Å². The van der Waals surface area contributed by atoms with Gasteiger partial charge in [-0.05, 0) is 0 Å². The summed E-state index contributed by atoms with van der Waals surface area (Å²) in [5, 5.41) is 1.27. The molecule has 0 heterocycles. The molecule has 0 aliphatic carbocycles. The summed E-state index contributed by atoms with van der Waals surface area (Å²) in [5.74, 6) is 0.147. The van der Waals surface area contributed by atoms with Crippen molar-refractivity contribution in [1.29, 1.82) is 0 Å². The first-order valence-corrected chi connectivity index (χ1v) is 21.1. The Morgan fingerprint density at radius 2 is 1.29 bits per heavy atom. The van der Waals surface area contributed by atoms with Crippen molar-refractivity contribution in [3.63, 3.8) is 0 Å². The van der Waals surface area contributed by atoms with Gasteiger partial charge in [-0.25, -0.2) is 0 Å². The van der Waals surface area contributed by atoms with Crippen LogP contribution in [0.15, 0.2) is 18.2 Å². The molecule has 1 aromatic carbocycles. The van der Waals surface area contributed by atoms with Gasteiger partial charge in [0.05, 0.1) is 0 Å². The zero-order valence-corrected chi connectivity index (χ0v) is 20.8. The Morgan fingerprint density at radius 1 is 0.833 bits per heavy atom. The number of benzene rings is 1. The summed E-state index contributed by atoms with van der Waals surface area (Å²) in [6.07, 6.45) is 7.60. The molecule has 0 spiro atoms. The SMILES string of the molecule is CCC[CH2][Sn]([CH2]CCC)([CH2]CCC)[c]1ccc([Si](C)(C)C)cc1F. The summed E-state index contributed by atoms with van der Waals surface area (Å²) >= 11 is -2.63. The van der Waals surface area contributed by atoms with E-state index in [1.54, 1.807) is 0 Å². The molecule has 138 valence electrons. The van der Waals surface area contributed by atoms with Gasteiger partial charge in [0.15, 0.2) is 0 Å². The molecule has 0 atom stereocenters. The Hall–Kier alpha value is 0.166.